The summed E-state index contributed by atoms with van der Waals surface area (Å²) in [4.78, 5) is 17.8. The van der Waals surface area contributed by atoms with Gasteiger partial charge in [0, 0.05) is 11.3 Å². The van der Waals surface area contributed by atoms with Crippen LogP contribution in [0.5, 0.6) is 0 Å². The number of rotatable bonds is 4. The first-order valence-electron chi connectivity index (χ1n) is 6.82. The van der Waals surface area contributed by atoms with Gasteiger partial charge in [0.2, 0.25) is 5.91 Å². The minimum absolute atomic E-state index is 0.0257. The number of amides is 1. The number of fused-ring (bicyclic) bond motifs is 1. The fourth-order valence-electron chi connectivity index (χ4n) is 2.19. The number of aryl methyl sites for hydroxylation is 3. The van der Waals surface area contributed by atoms with E-state index in [1.165, 1.54) is 10.4 Å². The van der Waals surface area contributed by atoms with Crippen molar-refractivity contribution < 1.29 is 4.79 Å². The summed E-state index contributed by atoms with van der Waals surface area (Å²) in [6.45, 7) is 4.12. The van der Waals surface area contributed by atoms with Crippen LogP contribution in [0.4, 0.5) is 5.13 Å². The summed E-state index contributed by atoms with van der Waals surface area (Å²) in [5.41, 5.74) is 3.34. The molecular formula is C16H16N2OS2. The monoisotopic (exact) mass is 316 g/mol. The van der Waals surface area contributed by atoms with E-state index in [4.69, 9.17) is 0 Å². The molecule has 0 spiro atoms. The molecule has 21 heavy (non-hydrogen) atoms. The topological polar surface area (TPSA) is 42.0 Å². The third kappa shape index (κ3) is 3.14. The Balaban J connectivity index is 1.71. The molecule has 2 aromatic heterocycles. The molecule has 0 fully saturated rings. The van der Waals surface area contributed by atoms with Crippen LogP contribution >= 0.6 is 22.7 Å². The number of carbonyl (C=O) groups is 1. The molecule has 0 aliphatic carbocycles. The summed E-state index contributed by atoms with van der Waals surface area (Å²) in [7, 11) is 0. The highest BCUT2D eigenvalue weighted by atomic mass is 32.1. The maximum Gasteiger partial charge on any atom is 0.226 e. The van der Waals surface area contributed by atoms with Crippen LogP contribution in [-0.4, -0.2) is 10.9 Å². The SMILES string of the molecule is Cc1ccc(C)c2sc(NC(=O)CCc3cccs3)nc12. The summed E-state index contributed by atoms with van der Waals surface area (Å²) >= 11 is 3.24. The molecule has 0 bridgehead atoms. The van der Waals surface area contributed by atoms with Crippen molar-refractivity contribution in [3.63, 3.8) is 0 Å². The molecule has 108 valence electrons. The zero-order chi connectivity index (χ0) is 14.8. The molecule has 0 saturated carbocycles. The van der Waals surface area contributed by atoms with Crippen LogP contribution < -0.4 is 5.32 Å². The first kappa shape index (κ1) is 14.2. The Bertz CT molecular complexity index is 736. The Morgan fingerprint density at radius 2 is 2.05 bits per heavy atom. The van der Waals surface area contributed by atoms with Crippen molar-refractivity contribution in [1.82, 2.24) is 4.98 Å². The van der Waals surface area contributed by atoms with Crippen LogP contribution in [0.3, 0.4) is 0 Å². The lowest BCUT2D eigenvalue weighted by atomic mass is 10.1. The molecule has 0 radical (unpaired) electrons. The molecule has 1 aromatic carbocycles. The summed E-state index contributed by atoms with van der Waals surface area (Å²) in [5, 5.41) is 5.65. The number of hydrogen-bond acceptors (Lipinski definition) is 4. The van der Waals surface area contributed by atoms with E-state index in [2.05, 4.69) is 35.4 Å². The van der Waals surface area contributed by atoms with E-state index >= 15 is 0 Å². The van der Waals surface area contributed by atoms with E-state index in [9.17, 15) is 4.79 Å². The highest BCUT2D eigenvalue weighted by Gasteiger charge is 2.11. The maximum absolute atomic E-state index is 12.0. The molecular weight excluding hydrogens is 300 g/mol. The lowest BCUT2D eigenvalue weighted by molar-refractivity contribution is -0.116. The zero-order valence-electron chi connectivity index (χ0n) is 12.0. The van der Waals surface area contributed by atoms with E-state index in [1.807, 2.05) is 18.4 Å². The van der Waals surface area contributed by atoms with Gasteiger partial charge in [0.1, 0.15) is 0 Å². The smallest absolute Gasteiger partial charge is 0.226 e. The molecule has 0 aliphatic rings. The second-order valence-corrected chi connectivity index (χ2v) is 7.05. The number of thiazole rings is 1. The Hall–Kier alpha value is -1.72. The average Bonchev–Trinajstić information content (AvgIpc) is 3.10. The lowest BCUT2D eigenvalue weighted by Crippen LogP contribution is -2.11. The van der Waals surface area contributed by atoms with E-state index in [-0.39, 0.29) is 5.91 Å². The van der Waals surface area contributed by atoms with E-state index < -0.39 is 0 Å². The van der Waals surface area contributed by atoms with Crippen LogP contribution in [-0.2, 0) is 11.2 Å². The Morgan fingerprint density at radius 3 is 2.76 bits per heavy atom. The van der Waals surface area contributed by atoms with Crippen LogP contribution in [0, 0.1) is 13.8 Å². The van der Waals surface area contributed by atoms with Crippen LogP contribution in [0.1, 0.15) is 22.4 Å². The first-order chi connectivity index (χ1) is 10.1. The Labute approximate surface area is 131 Å². The molecule has 0 atom stereocenters. The third-order valence-corrected chi connectivity index (χ3v) is 5.41. The van der Waals surface area contributed by atoms with Gasteiger partial charge >= 0.3 is 0 Å². The van der Waals surface area contributed by atoms with Gasteiger partial charge in [-0.05, 0) is 42.8 Å². The molecule has 3 nitrogen and oxygen atoms in total. The van der Waals surface area contributed by atoms with Gasteiger partial charge in [-0.25, -0.2) is 4.98 Å². The second-order valence-electron chi connectivity index (χ2n) is 5.02. The van der Waals surface area contributed by atoms with Crippen molar-refractivity contribution in [2.24, 2.45) is 0 Å². The minimum Gasteiger partial charge on any atom is -0.302 e. The number of anilines is 1. The van der Waals surface area contributed by atoms with Crippen molar-refractivity contribution in [3.8, 4) is 0 Å². The number of hydrogen-bond donors (Lipinski definition) is 1. The largest absolute Gasteiger partial charge is 0.302 e. The summed E-state index contributed by atoms with van der Waals surface area (Å²) in [6, 6.07) is 8.23. The number of nitrogens with zero attached hydrogens (tertiary/aromatic N) is 1. The quantitative estimate of drug-likeness (QED) is 0.767. The molecule has 3 rings (SSSR count). The maximum atomic E-state index is 12.0. The van der Waals surface area contributed by atoms with Gasteiger partial charge in [0.15, 0.2) is 5.13 Å². The van der Waals surface area contributed by atoms with Gasteiger partial charge in [0.25, 0.3) is 0 Å². The zero-order valence-corrected chi connectivity index (χ0v) is 13.6. The van der Waals surface area contributed by atoms with Crippen molar-refractivity contribution in [2.45, 2.75) is 26.7 Å². The van der Waals surface area contributed by atoms with Crippen LogP contribution in [0.25, 0.3) is 10.2 Å². The van der Waals surface area contributed by atoms with Crippen LogP contribution in [0.2, 0.25) is 0 Å². The normalized spacial score (nSPS) is 11.0. The summed E-state index contributed by atoms with van der Waals surface area (Å²) < 4.78 is 1.16. The fraction of sp³-hybridized carbons (Fsp3) is 0.250. The number of nitrogens with one attached hydrogen (secondary N) is 1. The number of benzene rings is 1. The van der Waals surface area contributed by atoms with Crippen molar-refractivity contribution in [2.75, 3.05) is 5.32 Å². The predicted octanol–water partition coefficient (Wildman–Crippen LogP) is 4.55. The summed E-state index contributed by atoms with van der Waals surface area (Å²) in [6.07, 6.45) is 1.28. The lowest BCUT2D eigenvalue weighted by Gasteiger charge is -1.99. The number of carbonyl (C=O) groups excluding carboxylic acids is 1. The molecule has 1 amide bonds. The van der Waals surface area contributed by atoms with Crippen molar-refractivity contribution in [3.05, 3.63) is 45.6 Å². The second kappa shape index (κ2) is 5.95. The molecule has 0 saturated heterocycles. The first-order valence-corrected chi connectivity index (χ1v) is 8.52. The van der Waals surface area contributed by atoms with Crippen LogP contribution in [0.15, 0.2) is 29.6 Å². The van der Waals surface area contributed by atoms with E-state index in [0.717, 1.165) is 22.2 Å². The van der Waals surface area contributed by atoms with E-state index in [1.54, 1.807) is 22.7 Å². The summed E-state index contributed by atoms with van der Waals surface area (Å²) in [5.74, 6) is 0.0257. The third-order valence-electron chi connectivity index (χ3n) is 3.37. The van der Waals surface area contributed by atoms with Gasteiger partial charge < -0.3 is 5.32 Å². The number of aromatic nitrogens is 1. The molecule has 0 unspecified atom stereocenters. The van der Waals surface area contributed by atoms with Crippen molar-refractivity contribution >= 4 is 43.9 Å². The number of thiophene rings is 1. The Morgan fingerprint density at radius 1 is 1.24 bits per heavy atom. The molecule has 2 heterocycles. The highest BCUT2D eigenvalue weighted by molar-refractivity contribution is 7.22. The van der Waals surface area contributed by atoms with Gasteiger partial charge in [-0.15, -0.1) is 11.3 Å². The van der Waals surface area contributed by atoms with Gasteiger partial charge in [-0.3, -0.25) is 4.79 Å². The standard InChI is InChI=1S/C16H16N2OS2/c1-10-5-6-11(2)15-14(10)18-16(21-15)17-13(19)8-7-12-4-3-9-20-12/h3-6,9H,7-8H2,1-2H3,(H,17,18,19). The minimum atomic E-state index is 0.0257. The highest BCUT2D eigenvalue weighted by Crippen LogP contribution is 2.30. The molecule has 5 heteroatoms. The fourth-order valence-corrected chi connectivity index (χ4v) is 3.92. The van der Waals surface area contributed by atoms with Gasteiger partial charge in [-0.2, -0.15) is 0 Å². The molecule has 0 aliphatic heterocycles. The Kier molecular flexibility index (Phi) is 4.03. The van der Waals surface area contributed by atoms with Gasteiger partial charge in [-0.1, -0.05) is 29.5 Å². The predicted molar refractivity (Wildman–Crippen MR) is 90.4 cm³/mol. The molecule has 1 N–H and O–H groups in total. The molecule has 3 aromatic rings. The van der Waals surface area contributed by atoms with Crippen molar-refractivity contribution in [1.29, 1.82) is 0 Å². The van der Waals surface area contributed by atoms with Gasteiger partial charge in [0.05, 0.1) is 10.2 Å². The van der Waals surface area contributed by atoms with E-state index in [0.29, 0.717) is 11.6 Å². The average molecular weight is 316 g/mol.